The lowest BCUT2D eigenvalue weighted by atomic mass is 10.3. The van der Waals surface area contributed by atoms with E-state index in [1.807, 2.05) is 0 Å². The Labute approximate surface area is 137 Å². The molecule has 0 spiro atoms. The smallest absolute Gasteiger partial charge is 0.265 e. The summed E-state index contributed by atoms with van der Waals surface area (Å²) >= 11 is 11.5. The van der Waals surface area contributed by atoms with Crippen LogP contribution in [0.1, 0.15) is 6.92 Å². The summed E-state index contributed by atoms with van der Waals surface area (Å²) in [7, 11) is -3.96. The van der Waals surface area contributed by atoms with Gasteiger partial charge in [-0.25, -0.2) is 12.8 Å². The maximum Gasteiger partial charge on any atom is 0.265 e. The second-order valence-corrected chi connectivity index (χ2v) is 6.75. The SMILES string of the molecule is CCOc1ccc(Cl)cc1S(=O)(=O)Nc1ccc(F)c(Cl)c1. The van der Waals surface area contributed by atoms with E-state index in [0.717, 1.165) is 6.07 Å². The first-order valence-corrected chi connectivity index (χ1v) is 8.47. The highest BCUT2D eigenvalue weighted by molar-refractivity contribution is 7.92. The van der Waals surface area contributed by atoms with Crippen molar-refractivity contribution in [2.75, 3.05) is 11.3 Å². The van der Waals surface area contributed by atoms with Gasteiger partial charge in [0, 0.05) is 5.02 Å². The number of rotatable bonds is 5. The number of halogens is 3. The molecule has 0 aliphatic rings. The molecule has 0 aliphatic heterocycles. The van der Waals surface area contributed by atoms with E-state index in [0.29, 0.717) is 6.61 Å². The molecule has 0 radical (unpaired) electrons. The third-order valence-corrected chi connectivity index (χ3v) is 4.59. The second kappa shape index (κ2) is 6.73. The van der Waals surface area contributed by atoms with E-state index in [-0.39, 0.29) is 26.4 Å². The summed E-state index contributed by atoms with van der Waals surface area (Å²) < 4.78 is 45.6. The first-order chi connectivity index (χ1) is 10.3. The first kappa shape index (κ1) is 16.9. The van der Waals surface area contributed by atoms with Gasteiger partial charge in [0.15, 0.2) is 0 Å². The molecular formula is C14H12Cl2FNO3S. The van der Waals surface area contributed by atoms with Gasteiger partial charge in [0.1, 0.15) is 16.5 Å². The Balaban J connectivity index is 2.41. The van der Waals surface area contributed by atoms with E-state index in [9.17, 15) is 12.8 Å². The van der Waals surface area contributed by atoms with Crippen molar-refractivity contribution < 1.29 is 17.5 Å². The van der Waals surface area contributed by atoms with Crippen LogP contribution in [0.2, 0.25) is 10.0 Å². The second-order valence-electron chi connectivity index (χ2n) is 4.26. The molecule has 2 aromatic rings. The Bertz CT molecular complexity index is 797. The van der Waals surface area contributed by atoms with E-state index < -0.39 is 15.8 Å². The third kappa shape index (κ3) is 3.82. The maximum absolute atomic E-state index is 13.1. The van der Waals surface area contributed by atoms with Crippen molar-refractivity contribution in [3.8, 4) is 5.75 Å². The average Bonchev–Trinajstić information content (AvgIpc) is 2.45. The van der Waals surface area contributed by atoms with Crippen LogP contribution in [0.25, 0.3) is 0 Å². The third-order valence-electron chi connectivity index (χ3n) is 2.67. The van der Waals surface area contributed by atoms with Crippen molar-refractivity contribution in [3.63, 3.8) is 0 Å². The normalized spacial score (nSPS) is 11.3. The lowest BCUT2D eigenvalue weighted by Crippen LogP contribution is -2.14. The van der Waals surface area contributed by atoms with Gasteiger partial charge in [-0.15, -0.1) is 0 Å². The van der Waals surface area contributed by atoms with Crippen molar-refractivity contribution in [2.45, 2.75) is 11.8 Å². The number of nitrogens with one attached hydrogen (secondary N) is 1. The highest BCUT2D eigenvalue weighted by atomic mass is 35.5. The van der Waals surface area contributed by atoms with Crippen LogP contribution in [-0.2, 0) is 10.0 Å². The molecule has 0 aliphatic carbocycles. The van der Waals surface area contributed by atoms with Gasteiger partial charge in [-0.3, -0.25) is 4.72 Å². The molecule has 0 amide bonds. The zero-order valence-electron chi connectivity index (χ0n) is 11.4. The Kier molecular flexibility index (Phi) is 5.16. The summed E-state index contributed by atoms with van der Waals surface area (Å²) in [6, 6.07) is 7.79. The van der Waals surface area contributed by atoms with Crippen LogP contribution in [0.15, 0.2) is 41.3 Å². The van der Waals surface area contributed by atoms with Gasteiger partial charge in [-0.1, -0.05) is 23.2 Å². The highest BCUT2D eigenvalue weighted by Gasteiger charge is 2.21. The molecule has 118 valence electrons. The maximum atomic E-state index is 13.1. The summed E-state index contributed by atoms with van der Waals surface area (Å²) in [5.41, 5.74) is 0.133. The standard InChI is InChI=1S/C14H12Cl2FNO3S/c1-2-21-13-6-3-9(15)7-14(13)22(19,20)18-10-4-5-12(17)11(16)8-10/h3-8,18H,2H2,1H3. The van der Waals surface area contributed by atoms with Gasteiger partial charge in [0.05, 0.1) is 17.3 Å². The minimum absolute atomic E-state index is 0.109. The Morgan fingerprint density at radius 2 is 1.91 bits per heavy atom. The number of hydrogen-bond donors (Lipinski definition) is 1. The summed E-state index contributed by atoms with van der Waals surface area (Å²) in [6.07, 6.45) is 0. The number of benzene rings is 2. The zero-order valence-corrected chi connectivity index (χ0v) is 13.8. The van der Waals surface area contributed by atoms with Gasteiger partial charge in [-0.05, 0) is 43.3 Å². The first-order valence-electron chi connectivity index (χ1n) is 6.23. The molecule has 4 nitrogen and oxygen atoms in total. The predicted molar refractivity (Wildman–Crippen MR) is 84.8 cm³/mol. The van der Waals surface area contributed by atoms with Gasteiger partial charge in [-0.2, -0.15) is 0 Å². The Hall–Kier alpha value is -1.50. The highest BCUT2D eigenvalue weighted by Crippen LogP contribution is 2.29. The number of anilines is 1. The predicted octanol–water partition coefficient (Wildman–Crippen LogP) is 4.33. The average molecular weight is 364 g/mol. The molecule has 2 rings (SSSR count). The molecule has 0 unspecified atom stereocenters. The van der Waals surface area contributed by atoms with E-state index >= 15 is 0 Å². The number of ether oxygens (including phenoxy) is 1. The van der Waals surface area contributed by atoms with Gasteiger partial charge < -0.3 is 4.74 Å². The van der Waals surface area contributed by atoms with Crippen molar-refractivity contribution in [2.24, 2.45) is 0 Å². The van der Waals surface area contributed by atoms with Crippen LogP contribution in [-0.4, -0.2) is 15.0 Å². The van der Waals surface area contributed by atoms with E-state index in [1.165, 1.54) is 30.3 Å². The molecule has 0 saturated heterocycles. The van der Waals surface area contributed by atoms with Crippen molar-refractivity contribution in [3.05, 3.63) is 52.3 Å². The molecule has 8 heteroatoms. The fraction of sp³-hybridized carbons (Fsp3) is 0.143. The summed E-state index contributed by atoms with van der Waals surface area (Å²) in [5.74, 6) is -0.463. The fourth-order valence-electron chi connectivity index (χ4n) is 1.74. The van der Waals surface area contributed by atoms with Crippen molar-refractivity contribution in [1.29, 1.82) is 0 Å². The lowest BCUT2D eigenvalue weighted by molar-refractivity contribution is 0.331. The van der Waals surface area contributed by atoms with Crippen LogP contribution in [0, 0.1) is 5.82 Å². The van der Waals surface area contributed by atoms with Gasteiger partial charge in [0.25, 0.3) is 10.0 Å². The fourth-order valence-corrected chi connectivity index (χ4v) is 3.37. The summed E-state index contributed by atoms with van der Waals surface area (Å²) in [4.78, 5) is -0.109. The lowest BCUT2D eigenvalue weighted by Gasteiger charge is -2.13. The molecule has 0 atom stereocenters. The molecule has 2 aromatic carbocycles. The van der Waals surface area contributed by atoms with Crippen LogP contribution < -0.4 is 9.46 Å². The van der Waals surface area contributed by atoms with E-state index in [4.69, 9.17) is 27.9 Å². The number of hydrogen-bond acceptors (Lipinski definition) is 3. The quantitative estimate of drug-likeness (QED) is 0.859. The topological polar surface area (TPSA) is 55.4 Å². The van der Waals surface area contributed by atoms with Crippen molar-refractivity contribution in [1.82, 2.24) is 0 Å². The van der Waals surface area contributed by atoms with Crippen molar-refractivity contribution >= 4 is 38.9 Å². The monoisotopic (exact) mass is 363 g/mol. The minimum Gasteiger partial charge on any atom is -0.492 e. The molecule has 22 heavy (non-hydrogen) atoms. The Morgan fingerprint density at radius 3 is 2.55 bits per heavy atom. The Morgan fingerprint density at radius 1 is 1.18 bits per heavy atom. The van der Waals surface area contributed by atoms with Crippen LogP contribution in [0.4, 0.5) is 10.1 Å². The number of sulfonamides is 1. The summed E-state index contributed by atoms with van der Waals surface area (Å²) in [6.45, 7) is 2.03. The molecule has 0 saturated carbocycles. The molecule has 0 heterocycles. The molecular weight excluding hydrogens is 352 g/mol. The van der Waals surface area contributed by atoms with E-state index in [1.54, 1.807) is 6.92 Å². The zero-order chi connectivity index (χ0) is 16.3. The molecule has 1 N–H and O–H groups in total. The largest absolute Gasteiger partial charge is 0.492 e. The van der Waals surface area contributed by atoms with Crippen LogP contribution in [0.5, 0.6) is 5.75 Å². The van der Waals surface area contributed by atoms with Gasteiger partial charge in [0.2, 0.25) is 0 Å². The minimum atomic E-state index is -3.96. The summed E-state index contributed by atoms with van der Waals surface area (Å²) in [5, 5.41) is 0.0669. The molecule has 0 bridgehead atoms. The van der Waals surface area contributed by atoms with Gasteiger partial charge >= 0.3 is 0 Å². The van der Waals surface area contributed by atoms with Crippen LogP contribution >= 0.6 is 23.2 Å². The molecule has 0 aromatic heterocycles. The molecule has 0 fully saturated rings. The van der Waals surface area contributed by atoms with E-state index in [2.05, 4.69) is 4.72 Å². The van der Waals surface area contributed by atoms with Crippen LogP contribution in [0.3, 0.4) is 0 Å².